The second kappa shape index (κ2) is 5.45. The first-order chi connectivity index (χ1) is 9.35. The van der Waals surface area contributed by atoms with Crippen molar-refractivity contribution in [3.8, 4) is 0 Å². The molecule has 0 N–H and O–H groups in total. The van der Waals surface area contributed by atoms with Gasteiger partial charge in [-0.05, 0) is 37.7 Å². The van der Waals surface area contributed by atoms with Crippen LogP contribution in [-0.4, -0.2) is 23.1 Å². The van der Waals surface area contributed by atoms with Crippen LogP contribution in [0.5, 0.6) is 0 Å². The van der Waals surface area contributed by atoms with Gasteiger partial charge in [0.15, 0.2) is 0 Å². The molecule has 0 fully saturated rings. The number of rotatable bonds is 5. The Kier molecular flexibility index (Phi) is 3.69. The molecule has 3 nitrogen and oxygen atoms in total. The van der Waals surface area contributed by atoms with E-state index in [0.29, 0.717) is 0 Å². The van der Waals surface area contributed by atoms with Crippen LogP contribution in [0.15, 0.2) is 6.33 Å². The molecule has 0 saturated heterocycles. The molecule has 102 valence electrons. The van der Waals surface area contributed by atoms with E-state index >= 15 is 0 Å². The van der Waals surface area contributed by atoms with E-state index in [-0.39, 0.29) is 0 Å². The molecule has 0 saturated carbocycles. The Bertz CT molecular complexity index is 570. The predicted molar refractivity (Wildman–Crippen MR) is 82.2 cm³/mol. The molecule has 0 unspecified atom stereocenters. The Morgan fingerprint density at radius 3 is 2.68 bits per heavy atom. The monoisotopic (exact) mass is 275 g/mol. The molecule has 0 bridgehead atoms. The van der Waals surface area contributed by atoms with Crippen molar-refractivity contribution in [3.05, 3.63) is 16.8 Å². The van der Waals surface area contributed by atoms with E-state index in [0.717, 1.165) is 25.9 Å². The summed E-state index contributed by atoms with van der Waals surface area (Å²) in [4.78, 5) is 14.3. The van der Waals surface area contributed by atoms with Gasteiger partial charge in [-0.3, -0.25) is 0 Å². The molecular formula is C15H21N3S. The fraction of sp³-hybridized carbons (Fsp3) is 0.600. The molecule has 2 heterocycles. The lowest BCUT2D eigenvalue weighted by molar-refractivity contribution is 0.736. The summed E-state index contributed by atoms with van der Waals surface area (Å²) in [5.41, 5.74) is 1.54. The van der Waals surface area contributed by atoms with Crippen molar-refractivity contribution in [1.29, 1.82) is 0 Å². The lowest BCUT2D eigenvalue weighted by Gasteiger charge is -2.23. The highest BCUT2D eigenvalue weighted by Crippen LogP contribution is 2.40. The molecule has 2 aromatic rings. The quantitative estimate of drug-likeness (QED) is 0.831. The molecule has 0 aromatic carbocycles. The maximum absolute atomic E-state index is 4.62. The third kappa shape index (κ3) is 2.22. The summed E-state index contributed by atoms with van der Waals surface area (Å²) < 4.78 is 0. The molecule has 2 aromatic heterocycles. The van der Waals surface area contributed by atoms with Crippen molar-refractivity contribution >= 4 is 27.4 Å². The molecule has 0 amide bonds. The Balaban J connectivity index is 2.11. The van der Waals surface area contributed by atoms with E-state index in [9.17, 15) is 0 Å². The zero-order valence-corrected chi connectivity index (χ0v) is 12.6. The lowest BCUT2D eigenvalue weighted by atomic mass is 10.1. The second-order valence-corrected chi connectivity index (χ2v) is 6.31. The van der Waals surface area contributed by atoms with Gasteiger partial charge < -0.3 is 4.90 Å². The molecule has 0 spiro atoms. The van der Waals surface area contributed by atoms with Crippen LogP contribution in [0.4, 0.5) is 5.82 Å². The zero-order valence-electron chi connectivity index (χ0n) is 11.8. The minimum atomic E-state index is 1.09. The largest absolute Gasteiger partial charge is 0.356 e. The third-order valence-electron chi connectivity index (χ3n) is 3.77. The third-order valence-corrected chi connectivity index (χ3v) is 4.97. The predicted octanol–water partition coefficient (Wildman–Crippen LogP) is 3.81. The van der Waals surface area contributed by atoms with E-state index < -0.39 is 0 Å². The number of aryl methyl sites for hydroxylation is 2. The van der Waals surface area contributed by atoms with Crippen LogP contribution >= 0.6 is 11.3 Å². The number of aromatic nitrogens is 2. The first kappa shape index (κ1) is 12.9. The van der Waals surface area contributed by atoms with E-state index in [1.165, 1.54) is 40.9 Å². The van der Waals surface area contributed by atoms with Crippen LogP contribution in [0.25, 0.3) is 10.2 Å². The van der Waals surface area contributed by atoms with Crippen molar-refractivity contribution in [2.75, 3.05) is 18.0 Å². The molecule has 1 aliphatic carbocycles. The van der Waals surface area contributed by atoms with E-state index in [1.54, 1.807) is 11.2 Å². The maximum Gasteiger partial charge on any atom is 0.141 e. The molecular weight excluding hydrogens is 254 g/mol. The fourth-order valence-corrected chi connectivity index (χ4v) is 4.24. The lowest BCUT2D eigenvalue weighted by Crippen LogP contribution is -2.26. The molecule has 0 atom stereocenters. The molecule has 0 radical (unpaired) electrons. The summed E-state index contributed by atoms with van der Waals surface area (Å²) in [7, 11) is 0. The summed E-state index contributed by atoms with van der Waals surface area (Å²) >= 11 is 1.88. The first-order valence-electron chi connectivity index (χ1n) is 7.35. The number of thiophene rings is 1. The summed E-state index contributed by atoms with van der Waals surface area (Å²) in [6.07, 6.45) is 7.81. The molecule has 4 heteroatoms. The van der Waals surface area contributed by atoms with Gasteiger partial charge in [0.05, 0.1) is 5.39 Å². The van der Waals surface area contributed by atoms with Crippen LogP contribution in [-0.2, 0) is 12.8 Å². The Morgan fingerprint density at radius 2 is 1.95 bits per heavy atom. The molecule has 0 aliphatic heterocycles. The van der Waals surface area contributed by atoms with E-state index in [2.05, 4.69) is 28.7 Å². The van der Waals surface area contributed by atoms with Gasteiger partial charge in [-0.25, -0.2) is 9.97 Å². The van der Waals surface area contributed by atoms with Crippen molar-refractivity contribution in [3.63, 3.8) is 0 Å². The fourth-order valence-electron chi connectivity index (χ4n) is 3.02. The second-order valence-electron chi connectivity index (χ2n) is 5.22. The number of hydrogen-bond donors (Lipinski definition) is 0. The highest BCUT2D eigenvalue weighted by Gasteiger charge is 2.22. The van der Waals surface area contributed by atoms with Gasteiger partial charge in [0.25, 0.3) is 0 Å². The van der Waals surface area contributed by atoms with Gasteiger partial charge in [0, 0.05) is 18.0 Å². The summed E-state index contributed by atoms with van der Waals surface area (Å²) in [5.74, 6) is 1.17. The molecule has 1 aliphatic rings. The van der Waals surface area contributed by atoms with Crippen LogP contribution in [0.2, 0.25) is 0 Å². The SMILES string of the molecule is CCCN(CCC)c1ncnc2sc3c(c12)CCC3. The number of fused-ring (bicyclic) bond motifs is 3. The number of anilines is 1. The summed E-state index contributed by atoms with van der Waals surface area (Å²) in [6, 6.07) is 0. The smallest absolute Gasteiger partial charge is 0.141 e. The van der Waals surface area contributed by atoms with Crippen LogP contribution < -0.4 is 4.90 Å². The van der Waals surface area contributed by atoms with Gasteiger partial charge in [-0.2, -0.15) is 0 Å². The number of nitrogens with zero attached hydrogens (tertiary/aromatic N) is 3. The van der Waals surface area contributed by atoms with Crippen molar-refractivity contribution in [2.45, 2.75) is 46.0 Å². The van der Waals surface area contributed by atoms with Gasteiger partial charge in [-0.15, -0.1) is 11.3 Å². The zero-order chi connectivity index (χ0) is 13.2. The standard InChI is InChI=1S/C15H21N3S/c1-3-8-18(9-4-2)14-13-11-6-5-7-12(11)19-15(13)17-10-16-14/h10H,3-9H2,1-2H3. The van der Waals surface area contributed by atoms with Crippen LogP contribution in [0.3, 0.4) is 0 Å². The minimum absolute atomic E-state index is 1.09. The van der Waals surface area contributed by atoms with Crippen LogP contribution in [0.1, 0.15) is 43.6 Å². The van der Waals surface area contributed by atoms with Gasteiger partial charge in [0.1, 0.15) is 17.0 Å². The Morgan fingerprint density at radius 1 is 1.16 bits per heavy atom. The summed E-state index contributed by atoms with van der Waals surface area (Å²) in [6.45, 7) is 6.65. The first-order valence-corrected chi connectivity index (χ1v) is 8.17. The molecule has 3 rings (SSSR count). The maximum atomic E-state index is 4.62. The van der Waals surface area contributed by atoms with Gasteiger partial charge in [0.2, 0.25) is 0 Å². The minimum Gasteiger partial charge on any atom is -0.356 e. The highest BCUT2D eigenvalue weighted by atomic mass is 32.1. The van der Waals surface area contributed by atoms with Crippen molar-refractivity contribution < 1.29 is 0 Å². The average molecular weight is 275 g/mol. The van der Waals surface area contributed by atoms with Gasteiger partial charge in [-0.1, -0.05) is 13.8 Å². The van der Waals surface area contributed by atoms with Crippen LogP contribution in [0, 0.1) is 0 Å². The topological polar surface area (TPSA) is 29.0 Å². The Labute approximate surface area is 118 Å². The Hall–Kier alpha value is -1.16. The van der Waals surface area contributed by atoms with Gasteiger partial charge >= 0.3 is 0 Å². The van der Waals surface area contributed by atoms with E-state index in [1.807, 2.05) is 11.3 Å². The molecule has 19 heavy (non-hydrogen) atoms. The summed E-state index contributed by atoms with van der Waals surface area (Å²) in [5, 5.41) is 1.35. The highest BCUT2D eigenvalue weighted by molar-refractivity contribution is 7.19. The van der Waals surface area contributed by atoms with E-state index in [4.69, 9.17) is 0 Å². The van der Waals surface area contributed by atoms with Crippen molar-refractivity contribution in [1.82, 2.24) is 9.97 Å². The van der Waals surface area contributed by atoms with Crippen molar-refractivity contribution in [2.24, 2.45) is 0 Å². The number of hydrogen-bond acceptors (Lipinski definition) is 4. The normalized spacial score (nSPS) is 14.0. The average Bonchev–Trinajstić information content (AvgIpc) is 2.98.